The van der Waals surface area contributed by atoms with Crippen LogP contribution >= 0.6 is 0 Å². The van der Waals surface area contributed by atoms with E-state index in [1.165, 1.54) is 24.3 Å². The molecule has 0 aliphatic rings. The second-order valence-corrected chi connectivity index (χ2v) is 5.26. The summed E-state index contributed by atoms with van der Waals surface area (Å²) in [6.07, 6.45) is 0.178. The second-order valence-electron chi connectivity index (χ2n) is 5.26. The quantitative estimate of drug-likeness (QED) is 0.699. The summed E-state index contributed by atoms with van der Waals surface area (Å²) in [6.45, 7) is 5.43. The summed E-state index contributed by atoms with van der Waals surface area (Å²) in [5.41, 5.74) is 2.03. The fourth-order valence-corrected chi connectivity index (χ4v) is 1.90. The molecule has 0 aliphatic heterocycles. The van der Waals surface area contributed by atoms with Crippen molar-refractivity contribution in [3.8, 4) is 11.8 Å². The summed E-state index contributed by atoms with van der Waals surface area (Å²) < 4.78 is 45.8. The molecular formula is C17H17F3N4O2. The lowest BCUT2D eigenvalue weighted by Gasteiger charge is -2.16. The monoisotopic (exact) mass is 366 g/mol. The van der Waals surface area contributed by atoms with Crippen LogP contribution < -0.4 is 14.4 Å². The standard InChI is InChI=1S/C17H17F3N4O2/c1-12-8-22-16(23-9-12)25-11-13(21-2)10-24(3)14-4-6-15(7-5-14)26-17(18,19)20/h4-10H,2,11H2,1,3H3/b13-10-. The topological polar surface area (TPSA) is 59.8 Å². The number of anilines is 1. The van der Waals surface area contributed by atoms with Gasteiger partial charge in [-0.3, -0.25) is 4.99 Å². The van der Waals surface area contributed by atoms with E-state index in [9.17, 15) is 13.2 Å². The van der Waals surface area contributed by atoms with Gasteiger partial charge >= 0.3 is 12.4 Å². The van der Waals surface area contributed by atoms with Crippen molar-refractivity contribution in [2.24, 2.45) is 4.99 Å². The lowest BCUT2D eigenvalue weighted by Crippen LogP contribution is -2.17. The molecule has 9 heteroatoms. The van der Waals surface area contributed by atoms with Crippen LogP contribution in [0.25, 0.3) is 0 Å². The van der Waals surface area contributed by atoms with Crippen LogP contribution in [0.3, 0.4) is 0 Å². The Labute approximate surface area is 148 Å². The molecule has 1 aromatic carbocycles. The molecule has 0 saturated heterocycles. The van der Waals surface area contributed by atoms with Gasteiger partial charge in [0, 0.05) is 31.3 Å². The van der Waals surface area contributed by atoms with E-state index in [1.807, 2.05) is 6.92 Å². The van der Waals surface area contributed by atoms with Gasteiger partial charge in [0.1, 0.15) is 12.4 Å². The Hall–Kier alpha value is -3.10. The number of hydrogen-bond acceptors (Lipinski definition) is 6. The molecule has 0 N–H and O–H groups in total. The van der Waals surface area contributed by atoms with Crippen molar-refractivity contribution in [1.29, 1.82) is 0 Å². The molecule has 0 aliphatic carbocycles. The predicted molar refractivity (Wildman–Crippen MR) is 91.4 cm³/mol. The van der Waals surface area contributed by atoms with Gasteiger partial charge in [0.25, 0.3) is 0 Å². The molecule has 0 amide bonds. The predicted octanol–water partition coefficient (Wildman–Crippen LogP) is 3.74. The molecule has 0 unspecified atom stereocenters. The minimum atomic E-state index is -4.72. The summed E-state index contributed by atoms with van der Waals surface area (Å²) in [6, 6.07) is 5.64. The molecule has 2 rings (SSSR count). The molecule has 0 saturated carbocycles. The molecule has 1 heterocycles. The van der Waals surface area contributed by atoms with Gasteiger partial charge in [0.05, 0.1) is 5.70 Å². The van der Waals surface area contributed by atoms with E-state index in [2.05, 4.69) is 26.4 Å². The Morgan fingerprint density at radius 1 is 1.23 bits per heavy atom. The van der Waals surface area contributed by atoms with E-state index in [0.717, 1.165) is 5.56 Å². The lowest BCUT2D eigenvalue weighted by atomic mass is 10.3. The van der Waals surface area contributed by atoms with Crippen LogP contribution in [0.1, 0.15) is 5.56 Å². The van der Waals surface area contributed by atoms with E-state index in [-0.39, 0.29) is 18.4 Å². The van der Waals surface area contributed by atoms with E-state index < -0.39 is 6.36 Å². The molecule has 1 aromatic heterocycles. The third-order valence-corrected chi connectivity index (χ3v) is 3.13. The van der Waals surface area contributed by atoms with Gasteiger partial charge in [0.15, 0.2) is 0 Å². The molecule has 138 valence electrons. The van der Waals surface area contributed by atoms with Crippen LogP contribution in [-0.2, 0) is 0 Å². The van der Waals surface area contributed by atoms with Crippen molar-refractivity contribution in [3.05, 3.63) is 54.1 Å². The molecule has 0 atom stereocenters. The minimum Gasteiger partial charge on any atom is -0.457 e. The number of halogens is 3. The number of benzene rings is 1. The minimum absolute atomic E-state index is 0.0895. The highest BCUT2D eigenvalue weighted by Gasteiger charge is 2.30. The summed E-state index contributed by atoms with van der Waals surface area (Å²) in [7, 11) is 1.72. The maximum absolute atomic E-state index is 12.2. The molecule has 0 radical (unpaired) electrons. The van der Waals surface area contributed by atoms with Gasteiger partial charge < -0.3 is 14.4 Å². The number of alkyl halides is 3. The highest BCUT2D eigenvalue weighted by Crippen LogP contribution is 2.25. The number of aliphatic imine (C=N–C) groups is 1. The SMILES string of the molecule is C=N/C(=C\N(C)c1ccc(OC(F)(F)F)cc1)COc1ncc(C)cn1. The van der Waals surface area contributed by atoms with Crippen LogP contribution in [-0.4, -0.2) is 36.7 Å². The van der Waals surface area contributed by atoms with Crippen LogP contribution in [0.2, 0.25) is 0 Å². The first kappa shape index (κ1) is 19.2. The van der Waals surface area contributed by atoms with Crippen molar-refractivity contribution in [3.63, 3.8) is 0 Å². The van der Waals surface area contributed by atoms with Gasteiger partial charge in [0.2, 0.25) is 0 Å². The molecular weight excluding hydrogens is 349 g/mol. The van der Waals surface area contributed by atoms with Crippen molar-refractivity contribution >= 4 is 12.4 Å². The second kappa shape index (κ2) is 8.32. The van der Waals surface area contributed by atoms with E-state index in [0.29, 0.717) is 11.4 Å². The van der Waals surface area contributed by atoms with Crippen molar-refractivity contribution in [2.75, 3.05) is 18.6 Å². The van der Waals surface area contributed by atoms with E-state index in [1.54, 1.807) is 30.5 Å². The van der Waals surface area contributed by atoms with Gasteiger partial charge in [-0.15, -0.1) is 13.2 Å². The van der Waals surface area contributed by atoms with Crippen LogP contribution in [0.5, 0.6) is 11.8 Å². The van der Waals surface area contributed by atoms with E-state index >= 15 is 0 Å². The normalized spacial score (nSPS) is 11.8. The molecule has 2 aromatic rings. The fourth-order valence-electron chi connectivity index (χ4n) is 1.90. The van der Waals surface area contributed by atoms with Crippen LogP contribution in [0.4, 0.5) is 18.9 Å². The third-order valence-electron chi connectivity index (χ3n) is 3.13. The van der Waals surface area contributed by atoms with Crippen molar-refractivity contribution < 1.29 is 22.6 Å². The maximum atomic E-state index is 12.2. The van der Waals surface area contributed by atoms with Crippen molar-refractivity contribution in [1.82, 2.24) is 9.97 Å². The highest BCUT2D eigenvalue weighted by atomic mass is 19.4. The van der Waals surface area contributed by atoms with Crippen LogP contribution in [0, 0.1) is 6.92 Å². The molecule has 0 fully saturated rings. The number of aryl methyl sites for hydroxylation is 1. The molecule has 0 bridgehead atoms. The third kappa shape index (κ3) is 6.08. The molecule has 6 nitrogen and oxygen atoms in total. The average Bonchev–Trinajstić information content (AvgIpc) is 2.59. The maximum Gasteiger partial charge on any atom is 0.573 e. The van der Waals surface area contributed by atoms with Crippen molar-refractivity contribution in [2.45, 2.75) is 13.3 Å². The Morgan fingerprint density at radius 3 is 2.38 bits per heavy atom. The Bertz CT molecular complexity index is 759. The summed E-state index contributed by atoms with van der Waals surface area (Å²) >= 11 is 0. The zero-order valence-corrected chi connectivity index (χ0v) is 14.2. The number of hydrogen-bond donors (Lipinski definition) is 0. The number of ether oxygens (including phenoxy) is 2. The number of rotatable bonds is 7. The Morgan fingerprint density at radius 2 is 1.85 bits per heavy atom. The van der Waals surface area contributed by atoms with Gasteiger partial charge in [-0.2, -0.15) is 0 Å². The Kier molecular flexibility index (Phi) is 6.16. The molecule has 0 spiro atoms. The zero-order valence-electron chi connectivity index (χ0n) is 14.2. The van der Waals surface area contributed by atoms with Gasteiger partial charge in [-0.1, -0.05) is 0 Å². The first-order valence-electron chi connectivity index (χ1n) is 7.44. The smallest absolute Gasteiger partial charge is 0.457 e. The summed E-state index contributed by atoms with van der Waals surface area (Å²) in [5.74, 6) is -0.291. The largest absolute Gasteiger partial charge is 0.573 e. The summed E-state index contributed by atoms with van der Waals surface area (Å²) in [4.78, 5) is 13.6. The first-order valence-corrected chi connectivity index (χ1v) is 7.44. The molecule has 26 heavy (non-hydrogen) atoms. The summed E-state index contributed by atoms with van der Waals surface area (Å²) in [5, 5.41) is 0. The average molecular weight is 366 g/mol. The Balaban J connectivity index is 2.00. The highest BCUT2D eigenvalue weighted by molar-refractivity contribution is 5.51. The van der Waals surface area contributed by atoms with E-state index in [4.69, 9.17) is 4.74 Å². The van der Waals surface area contributed by atoms with Gasteiger partial charge in [-0.05, 0) is 43.5 Å². The number of aromatic nitrogens is 2. The first-order chi connectivity index (χ1) is 12.3. The van der Waals surface area contributed by atoms with Gasteiger partial charge in [-0.25, -0.2) is 9.97 Å². The zero-order chi connectivity index (χ0) is 19.2. The lowest BCUT2D eigenvalue weighted by molar-refractivity contribution is -0.274. The fraction of sp³-hybridized carbons (Fsp3) is 0.235. The number of nitrogens with zero attached hydrogens (tertiary/aromatic N) is 4. The van der Waals surface area contributed by atoms with Crippen LogP contribution in [0.15, 0.2) is 53.5 Å².